The van der Waals surface area contributed by atoms with Crippen LogP contribution in [-0.2, 0) is 22.4 Å². The maximum atomic E-state index is 12.8. The average Bonchev–Trinajstić information content (AvgIpc) is 3.39. The van der Waals surface area contributed by atoms with Crippen LogP contribution >= 0.6 is 23.1 Å². The van der Waals surface area contributed by atoms with Gasteiger partial charge < -0.3 is 10.1 Å². The number of fused-ring (bicyclic) bond motifs is 4. The number of nitrogens with one attached hydrogen (secondary N) is 1. The van der Waals surface area contributed by atoms with Gasteiger partial charge in [-0.3, -0.25) is 9.20 Å². The van der Waals surface area contributed by atoms with E-state index in [9.17, 15) is 9.59 Å². The second-order valence-corrected chi connectivity index (χ2v) is 10.7. The minimum absolute atomic E-state index is 0.123. The molecule has 3 heterocycles. The molecule has 0 radical (unpaired) electrons. The molecule has 0 saturated carbocycles. The molecule has 1 aliphatic rings. The maximum absolute atomic E-state index is 12.8. The third-order valence-electron chi connectivity index (χ3n) is 6.26. The Bertz CT molecular complexity index is 1420. The van der Waals surface area contributed by atoms with Crippen molar-refractivity contribution in [3.63, 3.8) is 0 Å². The molecule has 0 atom stereocenters. The van der Waals surface area contributed by atoms with E-state index in [2.05, 4.69) is 52.0 Å². The topological polar surface area (TPSA) is 85.6 Å². The first-order valence-corrected chi connectivity index (χ1v) is 13.2. The largest absolute Gasteiger partial charge is 0.465 e. The number of hydrogen-bond donors (Lipinski definition) is 1. The highest BCUT2D eigenvalue weighted by molar-refractivity contribution is 7.99. The van der Waals surface area contributed by atoms with E-state index in [1.807, 2.05) is 6.07 Å². The Hall–Kier alpha value is -2.91. The Balaban J connectivity index is 1.32. The normalized spacial score (nSPS) is 13.3. The van der Waals surface area contributed by atoms with Crippen LogP contribution in [0.4, 0.5) is 5.00 Å². The van der Waals surface area contributed by atoms with Gasteiger partial charge in [-0.25, -0.2) is 4.79 Å². The van der Waals surface area contributed by atoms with Crippen LogP contribution in [-0.4, -0.2) is 39.3 Å². The fourth-order valence-corrected chi connectivity index (χ4v) is 6.80. The van der Waals surface area contributed by atoms with Crippen molar-refractivity contribution in [1.82, 2.24) is 14.6 Å². The summed E-state index contributed by atoms with van der Waals surface area (Å²) in [6.45, 7) is 4.17. The summed E-state index contributed by atoms with van der Waals surface area (Å²) in [6, 6.07) is 8.29. The summed E-state index contributed by atoms with van der Waals surface area (Å²) >= 11 is 3.01. The van der Waals surface area contributed by atoms with Gasteiger partial charge in [0.25, 0.3) is 0 Å². The molecule has 1 aliphatic carbocycles. The molecule has 0 unspecified atom stereocenters. The molecular formula is C25H26N4O3S2. The molecule has 5 rings (SSSR count). The van der Waals surface area contributed by atoms with Crippen molar-refractivity contribution in [2.45, 2.75) is 51.1 Å². The molecule has 7 nitrogen and oxygen atoms in total. The van der Waals surface area contributed by atoms with Crippen LogP contribution in [0.15, 0.2) is 29.4 Å². The lowest BCUT2D eigenvalue weighted by Gasteiger charge is -2.11. The van der Waals surface area contributed by atoms with Gasteiger partial charge in [-0.1, -0.05) is 30.0 Å². The average molecular weight is 495 g/mol. The van der Waals surface area contributed by atoms with Crippen LogP contribution in [0.2, 0.25) is 0 Å². The number of amides is 1. The standard InChI is InChI=1S/C25H26N4O3S2/c1-14-7-6-9-16-15(2)13-19-27-28-25(29(19)22(14)16)33-12-11-20(30)26-23-21(24(31)32-3)17-8-4-5-10-18(17)34-23/h6-7,9,13H,4-5,8,10-12H2,1-3H3,(H,26,30). The number of anilines is 1. The van der Waals surface area contributed by atoms with E-state index in [0.717, 1.165) is 58.7 Å². The zero-order chi connectivity index (χ0) is 23.8. The quantitative estimate of drug-likeness (QED) is 0.287. The van der Waals surface area contributed by atoms with Gasteiger partial charge in [0.1, 0.15) is 5.00 Å². The fourth-order valence-electron chi connectivity index (χ4n) is 4.62. The predicted molar refractivity (Wildman–Crippen MR) is 136 cm³/mol. The van der Waals surface area contributed by atoms with Crippen molar-refractivity contribution in [2.24, 2.45) is 0 Å². The highest BCUT2D eigenvalue weighted by Crippen LogP contribution is 2.38. The van der Waals surface area contributed by atoms with Gasteiger partial charge >= 0.3 is 5.97 Å². The van der Waals surface area contributed by atoms with Crippen molar-refractivity contribution in [3.05, 3.63) is 51.4 Å². The number of methoxy groups -OCH3 is 1. The number of para-hydroxylation sites is 1. The van der Waals surface area contributed by atoms with Crippen molar-refractivity contribution in [3.8, 4) is 0 Å². The number of hydrogen-bond acceptors (Lipinski definition) is 7. The lowest BCUT2D eigenvalue weighted by atomic mass is 9.95. The molecule has 0 aliphatic heterocycles. The Morgan fingerprint density at radius 3 is 2.82 bits per heavy atom. The van der Waals surface area contributed by atoms with Gasteiger partial charge in [0, 0.05) is 22.4 Å². The SMILES string of the molecule is COC(=O)c1c(NC(=O)CCSc2nnc3cc(C)c4cccc(C)c4n23)sc2c1CCCC2. The molecule has 34 heavy (non-hydrogen) atoms. The van der Waals surface area contributed by atoms with Gasteiger partial charge in [-0.05, 0) is 62.3 Å². The van der Waals surface area contributed by atoms with E-state index >= 15 is 0 Å². The number of thiophene rings is 1. The third-order valence-corrected chi connectivity index (χ3v) is 8.40. The minimum Gasteiger partial charge on any atom is -0.465 e. The predicted octanol–water partition coefficient (Wildman–Crippen LogP) is 5.35. The summed E-state index contributed by atoms with van der Waals surface area (Å²) in [7, 11) is 1.38. The Morgan fingerprint density at radius 1 is 1.18 bits per heavy atom. The number of ether oxygens (including phenoxy) is 1. The van der Waals surface area contributed by atoms with Gasteiger partial charge in [0.05, 0.1) is 18.2 Å². The van der Waals surface area contributed by atoms with Crippen LogP contribution in [0, 0.1) is 13.8 Å². The Morgan fingerprint density at radius 2 is 2.00 bits per heavy atom. The summed E-state index contributed by atoms with van der Waals surface area (Å²) in [6.07, 6.45) is 4.26. The molecule has 1 aromatic carbocycles. The number of aryl methyl sites for hydroxylation is 3. The molecule has 1 amide bonds. The van der Waals surface area contributed by atoms with Crippen molar-refractivity contribution < 1.29 is 14.3 Å². The molecule has 0 saturated heterocycles. The first-order chi connectivity index (χ1) is 16.5. The van der Waals surface area contributed by atoms with Crippen LogP contribution in [0.1, 0.15) is 51.2 Å². The van der Waals surface area contributed by atoms with E-state index in [4.69, 9.17) is 4.74 Å². The summed E-state index contributed by atoms with van der Waals surface area (Å²) in [5.41, 5.74) is 5.79. The van der Waals surface area contributed by atoms with Crippen molar-refractivity contribution >= 4 is 56.5 Å². The van der Waals surface area contributed by atoms with Crippen LogP contribution < -0.4 is 5.32 Å². The Labute approximate surface area is 205 Å². The first kappa shape index (κ1) is 22.9. The molecule has 4 aromatic rings. The smallest absolute Gasteiger partial charge is 0.341 e. The summed E-state index contributed by atoms with van der Waals surface area (Å²) < 4.78 is 7.07. The van der Waals surface area contributed by atoms with E-state index in [1.165, 1.54) is 40.5 Å². The van der Waals surface area contributed by atoms with Crippen molar-refractivity contribution in [2.75, 3.05) is 18.2 Å². The number of nitrogens with zero attached hydrogens (tertiary/aromatic N) is 3. The highest BCUT2D eigenvalue weighted by atomic mass is 32.2. The minimum atomic E-state index is -0.378. The van der Waals surface area contributed by atoms with E-state index in [1.54, 1.807) is 0 Å². The molecule has 176 valence electrons. The molecule has 1 N–H and O–H groups in total. The number of thioether (sulfide) groups is 1. The number of pyridine rings is 1. The number of carbonyl (C=O) groups is 2. The molecule has 0 bridgehead atoms. The lowest BCUT2D eigenvalue weighted by molar-refractivity contribution is -0.115. The van der Waals surface area contributed by atoms with Crippen LogP contribution in [0.5, 0.6) is 0 Å². The maximum Gasteiger partial charge on any atom is 0.341 e. The van der Waals surface area contributed by atoms with Gasteiger partial charge in [0.2, 0.25) is 5.91 Å². The molecular weight excluding hydrogens is 468 g/mol. The number of aromatic nitrogens is 3. The van der Waals surface area contributed by atoms with Crippen LogP contribution in [0.3, 0.4) is 0 Å². The number of carbonyl (C=O) groups excluding carboxylic acids is 2. The molecule has 3 aromatic heterocycles. The highest BCUT2D eigenvalue weighted by Gasteiger charge is 2.27. The summed E-state index contributed by atoms with van der Waals surface area (Å²) in [4.78, 5) is 26.4. The fraction of sp³-hybridized carbons (Fsp3) is 0.360. The van der Waals surface area contributed by atoms with Gasteiger partial charge in [-0.15, -0.1) is 21.5 Å². The number of rotatable bonds is 6. The molecule has 9 heteroatoms. The van der Waals surface area contributed by atoms with Crippen LogP contribution in [0.25, 0.3) is 16.6 Å². The second kappa shape index (κ2) is 9.38. The summed E-state index contributed by atoms with van der Waals surface area (Å²) in [5, 5.41) is 14.3. The second-order valence-electron chi connectivity index (χ2n) is 8.53. The van der Waals surface area contributed by atoms with Gasteiger partial charge in [0.15, 0.2) is 10.8 Å². The number of benzene rings is 1. The first-order valence-electron chi connectivity index (χ1n) is 11.4. The third kappa shape index (κ3) is 4.07. The Kier molecular flexibility index (Phi) is 6.31. The van der Waals surface area contributed by atoms with Gasteiger partial charge in [-0.2, -0.15) is 0 Å². The number of esters is 1. The van der Waals surface area contributed by atoms with Crippen molar-refractivity contribution in [1.29, 1.82) is 0 Å². The molecule has 0 spiro atoms. The lowest BCUT2D eigenvalue weighted by Crippen LogP contribution is -2.15. The van der Waals surface area contributed by atoms with E-state index in [-0.39, 0.29) is 11.9 Å². The monoisotopic (exact) mass is 494 g/mol. The zero-order valence-electron chi connectivity index (χ0n) is 19.4. The van der Waals surface area contributed by atoms with E-state index < -0.39 is 0 Å². The summed E-state index contributed by atoms with van der Waals surface area (Å²) in [5.74, 6) is 0.0468. The van der Waals surface area contributed by atoms with E-state index in [0.29, 0.717) is 22.7 Å². The zero-order valence-corrected chi connectivity index (χ0v) is 21.1. The molecule has 0 fully saturated rings.